The van der Waals surface area contributed by atoms with Crippen molar-refractivity contribution in [2.24, 2.45) is 0 Å². The van der Waals surface area contributed by atoms with Crippen molar-refractivity contribution in [2.75, 3.05) is 0 Å². The zero-order valence-electron chi connectivity index (χ0n) is 7.37. The van der Waals surface area contributed by atoms with E-state index < -0.39 is 5.97 Å². The molecular weight excluding hydrogens is 172 g/mol. The Kier molecular flexibility index (Phi) is 2.36. The maximum atomic E-state index is 10.9. The van der Waals surface area contributed by atoms with Crippen LogP contribution in [0.1, 0.15) is 12.5 Å². The third-order valence-corrected chi connectivity index (χ3v) is 1.59. The number of aromatic amines is 1. The van der Waals surface area contributed by atoms with Crippen molar-refractivity contribution in [3.05, 3.63) is 27.7 Å². The molecule has 70 valence electrons. The molecule has 0 radical (unpaired) electrons. The number of nitrogens with zero attached hydrogens (tertiary/aromatic N) is 1. The topological polar surface area (TPSA) is 75.1 Å². The average Bonchev–Trinajstić information content (AvgIpc) is 2.31. The summed E-state index contributed by atoms with van der Waals surface area (Å²) in [6.07, 6.45) is 2.88. The summed E-state index contributed by atoms with van der Waals surface area (Å²) in [5, 5.41) is 11.0. The highest BCUT2D eigenvalue weighted by Gasteiger charge is 2.01. The highest BCUT2D eigenvalue weighted by Crippen LogP contribution is 1.96. The number of carboxylic acids is 1. The molecule has 1 rings (SSSR count). The monoisotopic (exact) mass is 182 g/mol. The molecule has 5 heteroatoms. The molecule has 1 heterocycles. The minimum Gasteiger partial charge on any atom is -0.478 e. The van der Waals surface area contributed by atoms with Crippen LogP contribution in [-0.4, -0.2) is 20.9 Å². The summed E-state index contributed by atoms with van der Waals surface area (Å²) >= 11 is 0. The molecule has 0 atom stereocenters. The quantitative estimate of drug-likeness (QED) is 0.651. The SMILES string of the molecule is C/C(=C/n1cc(C)c(=O)[nH]1)C(=O)O. The van der Waals surface area contributed by atoms with Crippen molar-refractivity contribution in [1.29, 1.82) is 0 Å². The number of hydrogen-bond donors (Lipinski definition) is 2. The van der Waals surface area contributed by atoms with Crippen LogP contribution in [0.5, 0.6) is 0 Å². The zero-order valence-corrected chi connectivity index (χ0v) is 7.37. The Bertz CT molecular complexity index is 411. The van der Waals surface area contributed by atoms with Gasteiger partial charge >= 0.3 is 5.97 Å². The van der Waals surface area contributed by atoms with Gasteiger partial charge in [0.15, 0.2) is 0 Å². The smallest absolute Gasteiger partial charge is 0.332 e. The van der Waals surface area contributed by atoms with Gasteiger partial charge in [-0.1, -0.05) is 0 Å². The van der Waals surface area contributed by atoms with Crippen LogP contribution in [0, 0.1) is 6.92 Å². The number of aryl methyl sites for hydroxylation is 1. The Balaban J connectivity index is 3.05. The Morgan fingerprint density at radius 1 is 1.69 bits per heavy atom. The van der Waals surface area contributed by atoms with Gasteiger partial charge in [0.05, 0.1) is 5.57 Å². The summed E-state index contributed by atoms with van der Waals surface area (Å²) < 4.78 is 1.33. The zero-order chi connectivity index (χ0) is 10.0. The molecule has 0 aliphatic rings. The number of aromatic nitrogens is 2. The van der Waals surface area contributed by atoms with E-state index in [1.54, 1.807) is 6.92 Å². The number of nitrogens with one attached hydrogen (secondary N) is 1. The summed E-state index contributed by atoms with van der Waals surface area (Å²) in [6.45, 7) is 3.11. The Morgan fingerprint density at radius 2 is 2.31 bits per heavy atom. The molecule has 0 aliphatic heterocycles. The average molecular weight is 182 g/mol. The van der Waals surface area contributed by atoms with E-state index in [0.29, 0.717) is 5.56 Å². The van der Waals surface area contributed by atoms with E-state index >= 15 is 0 Å². The van der Waals surface area contributed by atoms with E-state index in [-0.39, 0.29) is 11.1 Å². The first-order valence-corrected chi connectivity index (χ1v) is 3.70. The first-order valence-electron chi connectivity index (χ1n) is 3.70. The minimum absolute atomic E-state index is 0.159. The van der Waals surface area contributed by atoms with Gasteiger partial charge in [-0.05, 0) is 13.8 Å². The van der Waals surface area contributed by atoms with Crippen molar-refractivity contribution in [3.8, 4) is 0 Å². The highest BCUT2D eigenvalue weighted by molar-refractivity contribution is 5.89. The van der Waals surface area contributed by atoms with Crippen LogP contribution < -0.4 is 5.56 Å². The second-order valence-electron chi connectivity index (χ2n) is 2.78. The Morgan fingerprint density at radius 3 is 2.69 bits per heavy atom. The molecule has 13 heavy (non-hydrogen) atoms. The van der Waals surface area contributed by atoms with Gasteiger partial charge in [0.1, 0.15) is 0 Å². The van der Waals surface area contributed by atoms with E-state index in [4.69, 9.17) is 5.11 Å². The van der Waals surface area contributed by atoms with Gasteiger partial charge in [0.25, 0.3) is 5.56 Å². The first-order chi connectivity index (χ1) is 6.00. The van der Waals surface area contributed by atoms with Gasteiger partial charge < -0.3 is 5.11 Å². The third kappa shape index (κ3) is 2.08. The van der Waals surface area contributed by atoms with Crippen molar-refractivity contribution in [3.63, 3.8) is 0 Å². The summed E-state index contributed by atoms with van der Waals surface area (Å²) in [6, 6.07) is 0. The molecule has 0 saturated heterocycles. The lowest BCUT2D eigenvalue weighted by molar-refractivity contribution is -0.132. The number of rotatable bonds is 2. The number of carboxylic acid groups (broad SMARTS) is 1. The van der Waals surface area contributed by atoms with Gasteiger partial charge in [0.2, 0.25) is 0 Å². The molecule has 0 fully saturated rings. The lowest BCUT2D eigenvalue weighted by atomic mass is 10.3. The molecular formula is C8H10N2O3. The molecule has 0 unspecified atom stereocenters. The van der Waals surface area contributed by atoms with Crippen LogP contribution in [0.3, 0.4) is 0 Å². The van der Waals surface area contributed by atoms with E-state index in [2.05, 4.69) is 5.10 Å². The number of hydrogen-bond acceptors (Lipinski definition) is 2. The molecule has 5 nitrogen and oxygen atoms in total. The van der Waals surface area contributed by atoms with E-state index in [9.17, 15) is 9.59 Å². The van der Waals surface area contributed by atoms with Crippen molar-refractivity contribution in [2.45, 2.75) is 13.8 Å². The van der Waals surface area contributed by atoms with Gasteiger partial charge in [-0.15, -0.1) is 0 Å². The number of H-pyrrole nitrogens is 1. The third-order valence-electron chi connectivity index (χ3n) is 1.59. The second-order valence-corrected chi connectivity index (χ2v) is 2.78. The second kappa shape index (κ2) is 3.30. The molecule has 0 amide bonds. The lowest BCUT2D eigenvalue weighted by Crippen LogP contribution is -2.04. The fourth-order valence-electron chi connectivity index (χ4n) is 0.838. The Labute approximate surface area is 74.3 Å². The molecule has 1 aromatic rings. The summed E-state index contributed by atoms with van der Waals surface area (Å²) in [4.78, 5) is 21.4. The fraction of sp³-hybridized carbons (Fsp3) is 0.250. The van der Waals surface area contributed by atoms with Gasteiger partial charge in [0, 0.05) is 18.0 Å². The normalized spacial score (nSPS) is 11.7. The molecule has 2 N–H and O–H groups in total. The van der Waals surface area contributed by atoms with E-state index in [0.717, 1.165) is 0 Å². The Hall–Kier alpha value is -1.78. The van der Waals surface area contributed by atoms with E-state index in [1.165, 1.54) is 24.0 Å². The molecule has 1 aromatic heterocycles. The van der Waals surface area contributed by atoms with Gasteiger partial charge in [-0.2, -0.15) is 0 Å². The summed E-state index contributed by atoms with van der Waals surface area (Å²) in [7, 11) is 0. The predicted molar refractivity (Wildman–Crippen MR) is 47.4 cm³/mol. The maximum Gasteiger partial charge on any atom is 0.332 e. The molecule has 0 aliphatic carbocycles. The number of carbonyl (C=O) groups is 1. The maximum absolute atomic E-state index is 10.9. The standard InChI is InChI=1S/C8H10N2O3/c1-5-3-10(9-7(5)11)4-6(2)8(12)13/h3-4H,1-2H3,(H,9,11)(H,12,13)/b6-4-. The van der Waals surface area contributed by atoms with Crippen LogP contribution >= 0.6 is 0 Å². The first kappa shape index (κ1) is 9.31. The summed E-state index contributed by atoms with van der Waals surface area (Å²) in [5.41, 5.74) is 0.495. The molecule has 0 spiro atoms. The van der Waals surface area contributed by atoms with Crippen molar-refractivity contribution in [1.82, 2.24) is 9.78 Å². The summed E-state index contributed by atoms with van der Waals surface area (Å²) in [5.74, 6) is -1.01. The van der Waals surface area contributed by atoms with Crippen LogP contribution in [0.15, 0.2) is 16.6 Å². The van der Waals surface area contributed by atoms with Gasteiger partial charge in [-0.3, -0.25) is 14.6 Å². The highest BCUT2D eigenvalue weighted by atomic mass is 16.4. The van der Waals surface area contributed by atoms with Crippen LogP contribution in [0.25, 0.3) is 6.20 Å². The molecule has 0 bridgehead atoms. The largest absolute Gasteiger partial charge is 0.478 e. The van der Waals surface area contributed by atoms with Crippen LogP contribution in [0.2, 0.25) is 0 Å². The fourth-order valence-corrected chi connectivity index (χ4v) is 0.838. The molecule has 0 aromatic carbocycles. The predicted octanol–water partition coefficient (Wildman–Crippen LogP) is 0.430. The van der Waals surface area contributed by atoms with Crippen LogP contribution in [-0.2, 0) is 4.79 Å². The van der Waals surface area contributed by atoms with E-state index in [1.807, 2.05) is 0 Å². The van der Waals surface area contributed by atoms with Gasteiger partial charge in [-0.25, -0.2) is 4.79 Å². The minimum atomic E-state index is -1.01. The lowest BCUT2D eigenvalue weighted by Gasteiger charge is -1.93. The number of aliphatic carboxylic acids is 1. The van der Waals surface area contributed by atoms with Crippen LogP contribution in [0.4, 0.5) is 0 Å². The van der Waals surface area contributed by atoms with Crippen molar-refractivity contribution < 1.29 is 9.90 Å². The van der Waals surface area contributed by atoms with Crippen molar-refractivity contribution >= 4 is 12.2 Å². The molecule has 0 saturated carbocycles.